The highest BCUT2D eigenvalue weighted by molar-refractivity contribution is 9.10. The Morgan fingerprint density at radius 3 is 2.78 bits per heavy atom. The second-order valence-electron chi connectivity index (χ2n) is 3.63. The molecule has 1 heterocycles. The molecule has 2 aromatic rings. The van der Waals surface area contributed by atoms with E-state index in [1.807, 2.05) is 24.3 Å². The van der Waals surface area contributed by atoms with Gasteiger partial charge in [0.1, 0.15) is 0 Å². The van der Waals surface area contributed by atoms with Crippen molar-refractivity contribution in [2.24, 2.45) is 5.10 Å². The Bertz CT molecular complexity index is 574. The zero-order valence-corrected chi connectivity index (χ0v) is 11.2. The van der Waals surface area contributed by atoms with Gasteiger partial charge in [0.15, 0.2) is 5.69 Å². The molecule has 2 N–H and O–H groups in total. The van der Waals surface area contributed by atoms with Gasteiger partial charge in [-0.3, -0.25) is 4.79 Å². The van der Waals surface area contributed by atoms with Crippen molar-refractivity contribution < 1.29 is 4.79 Å². The summed E-state index contributed by atoms with van der Waals surface area (Å²) in [5.41, 5.74) is 4.39. The molecule has 1 aromatic heterocycles. The summed E-state index contributed by atoms with van der Waals surface area (Å²) in [6.07, 6.45) is 3.05. The van der Waals surface area contributed by atoms with Gasteiger partial charge in [0.25, 0.3) is 5.91 Å². The zero-order valence-electron chi connectivity index (χ0n) is 9.64. The first-order chi connectivity index (χ1) is 8.66. The largest absolute Gasteiger partial charge is 0.348 e. The number of amides is 1. The maximum atomic E-state index is 11.7. The average Bonchev–Trinajstić information content (AvgIpc) is 2.78. The number of nitrogens with one attached hydrogen (secondary N) is 2. The fraction of sp³-hybridized carbons (Fsp3) is 0.0833. The summed E-state index contributed by atoms with van der Waals surface area (Å²) in [4.78, 5) is 18.4. The van der Waals surface area contributed by atoms with Crippen LogP contribution in [-0.4, -0.2) is 22.1 Å². The van der Waals surface area contributed by atoms with Crippen LogP contribution in [0, 0.1) is 6.92 Å². The molecule has 1 amide bonds. The lowest BCUT2D eigenvalue weighted by Gasteiger charge is -1.97. The van der Waals surface area contributed by atoms with Crippen LogP contribution in [0.15, 0.2) is 40.2 Å². The number of aromatic amines is 1. The Labute approximate surface area is 112 Å². The number of aromatic nitrogens is 2. The molecule has 0 aliphatic carbocycles. The van der Waals surface area contributed by atoms with Crippen LogP contribution in [-0.2, 0) is 0 Å². The molecule has 0 atom stereocenters. The highest BCUT2D eigenvalue weighted by Gasteiger charge is 2.09. The number of benzene rings is 1. The van der Waals surface area contributed by atoms with E-state index in [0.29, 0.717) is 11.4 Å². The van der Waals surface area contributed by atoms with Gasteiger partial charge in [-0.1, -0.05) is 28.1 Å². The summed E-state index contributed by atoms with van der Waals surface area (Å²) >= 11 is 3.34. The van der Waals surface area contributed by atoms with E-state index in [0.717, 1.165) is 10.0 Å². The van der Waals surface area contributed by atoms with Crippen LogP contribution in [0.5, 0.6) is 0 Å². The average molecular weight is 307 g/mol. The van der Waals surface area contributed by atoms with Gasteiger partial charge in [-0.2, -0.15) is 5.10 Å². The van der Waals surface area contributed by atoms with Crippen LogP contribution in [0.3, 0.4) is 0 Å². The highest BCUT2D eigenvalue weighted by Crippen LogP contribution is 2.08. The highest BCUT2D eigenvalue weighted by atomic mass is 79.9. The molecular weight excluding hydrogens is 296 g/mol. The number of rotatable bonds is 3. The van der Waals surface area contributed by atoms with E-state index in [1.165, 1.54) is 6.33 Å². The number of carbonyl (C=O) groups excluding carboxylic acids is 1. The van der Waals surface area contributed by atoms with Crippen LogP contribution < -0.4 is 5.43 Å². The molecule has 0 saturated heterocycles. The van der Waals surface area contributed by atoms with Gasteiger partial charge in [-0.25, -0.2) is 10.4 Å². The second kappa shape index (κ2) is 5.59. The molecule has 6 heteroatoms. The van der Waals surface area contributed by atoms with Gasteiger partial charge in [-0.05, 0) is 24.6 Å². The Balaban J connectivity index is 1.98. The summed E-state index contributed by atoms with van der Waals surface area (Å²) in [6, 6.07) is 7.58. The quantitative estimate of drug-likeness (QED) is 0.674. The van der Waals surface area contributed by atoms with E-state index in [2.05, 4.69) is 36.4 Å². The molecular formula is C12H11BrN4O. The zero-order chi connectivity index (χ0) is 13.0. The van der Waals surface area contributed by atoms with Crippen molar-refractivity contribution in [1.82, 2.24) is 15.4 Å². The first-order valence-corrected chi connectivity index (χ1v) is 6.05. The molecule has 2 rings (SSSR count). The van der Waals surface area contributed by atoms with Crippen LogP contribution in [0.1, 0.15) is 21.7 Å². The topological polar surface area (TPSA) is 70.1 Å². The van der Waals surface area contributed by atoms with E-state index in [9.17, 15) is 4.79 Å². The molecule has 18 heavy (non-hydrogen) atoms. The summed E-state index contributed by atoms with van der Waals surface area (Å²) < 4.78 is 0.996. The first-order valence-electron chi connectivity index (χ1n) is 5.26. The fourth-order valence-electron chi connectivity index (χ4n) is 1.35. The fourth-order valence-corrected chi connectivity index (χ4v) is 1.62. The van der Waals surface area contributed by atoms with Gasteiger partial charge < -0.3 is 4.98 Å². The molecule has 0 bridgehead atoms. The van der Waals surface area contributed by atoms with E-state index in [-0.39, 0.29) is 5.91 Å². The Morgan fingerprint density at radius 2 is 2.17 bits per heavy atom. The van der Waals surface area contributed by atoms with Crippen molar-refractivity contribution >= 4 is 28.1 Å². The van der Waals surface area contributed by atoms with Crippen molar-refractivity contribution in [3.63, 3.8) is 0 Å². The molecule has 0 fully saturated rings. The van der Waals surface area contributed by atoms with Gasteiger partial charge in [0.2, 0.25) is 0 Å². The number of halogens is 1. The number of nitrogens with zero attached hydrogens (tertiary/aromatic N) is 2. The number of aryl methyl sites for hydroxylation is 1. The summed E-state index contributed by atoms with van der Waals surface area (Å²) in [6.45, 7) is 1.78. The minimum atomic E-state index is -0.331. The summed E-state index contributed by atoms with van der Waals surface area (Å²) in [5.74, 6) is -0.331. The number of hydrogen-bond acceptors (Lipinski definition) is 3. The Kier molecular flexibility index (Phi) is 3.88. The van der Waals surface area contributed by atoms with E-state index in [1.54, 1.807) is 13.1 Å². The lowest BCUT2D eigenvalue weighted by atomic mass is 10.2. The molecule has 0 radical (unpaired) electrons. The van der Waals surface area contributed by atoms with E-state index in [4.69, 9.17) is 0 Å². The lowest BCUT2D eigenvalue weighted by molar-refractivity contribution is 0.0950. The minimum Gasteiger partial charge on any atom is -0.348 e. The predicted octanol–water partition coefficient (Wildman–Crippen LogP) is 2.24. The number of H-pyrrole nitrogens is 1. The molecule has 0 saturated carbocycles. The van der Waals surface area contributed by atoms with Crippen molar-refractivity contribution in [2.75, 3.05) is 0 Å². The molecule has 0 aliphatic heterocycles. The van der Waals surface area contributed by atoms with Crippen molar-refractivity contribution in [1.29, 1.82) is 0 Å². The van der Waals surface area contributed by atoms with Crippen LogP contribution in [0.25, 0.3) is 0 Å². The molecule has 0 spiro atoms. The molecule has 0 aliphatic rings. The number of carbonyl (C=O) groups is 1. The second-order valence-corrected chi connectivity index (χ2v) is 4.54. The SMILES string of the molecule is Cc1[nH]cnc1C(=O)N/N=C/c1ccc(Br)cc1. The van der Waals surface area contributed by atoms with E-state index < -0.39 is 0 Å². The van der Waals surface area contributed by atoms with Crippen LogP contribution >= 0.6 is 15.9 Å². The monoisotopic (exact) mass is 306 g/mol. The summed E-state index contributed by atoms with van der Waals surface area (Å²) in [7, 11) is 0. The van der Waals surface area contributed by atoms with Crippen LogP contribution in [0.4, 0.5) is 0 Å². The third kappa shape index (κ3) is 3.04. The number of hydrogen-bond donors (Lipinski definition) is 2. The first kappa shape index (κ1) is 12.5. The maximum absolute atomic E-state index is 11.7. The van der Waals surface area contributed by atoms with Crippen molar-refractivity contribution in [2.45, 2.75) is 6.92 Å². The normalized spacial score (nSPS) is 10.8. The Hall–Kier alpha value is -1.95. The smallest absolute Gasteiger partial charge is 0.291 e. The van der Waals surface area contributed by atoms with Gasteiger partial charge in [-0.15, -0.1) is 0 Å². The van der Waals surface area contributed by atoms with Crippen molar-refractivity contribution in [3.05, 3.63) is 52.0 Å². The number of imidazole rings is 1. The summed E-state index contributed by atoms with van der Waals surface area (Å²) in [5, 5.41) is 3.87. The van der Waals surface area contributed by atoms with Crippen molar-refractivity contribution in [3.8, 4) is 0 Å². The third-order valence-electron chi connectivity index (χ3n) is 2.29. The standard InChI is InChI=1S/C12H11BrN4O/c1-8-11(15-7-14-8)12(18)17-16-6-9-2-4-10(13)5-3-9/h2-7H,1H3,(H,14,15)(H,17,18)/b16-6+. The van der Waals surface area contributed by atoms with Crippen LogP contribution in [0.2, 0.25) is 0 Å². The minimum absolute atomic E-state index is 0.331. The van der Waals surface area contributed by atoms with E-state index >= 15 is 0 Å². The predicted molar refractivity (Wildman–Crippen MR) is 72.5 cm³/mol. The molecule has 5 nitrogen and oxygen atoms in total. The third-order valence-corrected chi connectivity index (χ3v) is 2.82. The Morgan fingerprint density at radius 1 is 1.44 bits per heavy atom. The number of hydrazone groups is 1. The molecule has 92 valence electrons. The molecule has 0 unspecified atom stereocenters. The van der Waals surface area contributed by atoms with Gasteiger partial charge in [0.05, 0.1) is 12.5 Å². The van der Waals surface area contributed by atoms with Gasteiger partial charge >= 0.3 is 0 Å². The maximum Gasteiger partial charge on any atom is 0.291 e. The van der Waals surface area contributed by atoms with Gasteiger partial charge in [0, 0.05) is 10.2 Å². The molecule has 1 aromatic carbocycles. The lowest BCUT2D eigenvalue weighted by Crippen LogP contribution is -2.19.